The summed E-state index contributed by atoms with van der Waals surface area (Å²) in [4.78, 5) is 6.20. The SMILES string of the molecule is C=CC1=NC(=C)N(C)C(C(=C)CC)=C1. The summed E-state index contributed by atoms with van der Waals surface area (Å²) in [6.45, 7) is 13.7. The second-order valence-corrected chi connectivity index (χ2v) is 3.20. The zero-order valence-electron chi connectivity index (χ0n) is 8.88. The Bertz CT molecular complexity index is 345. The highest BCUT2D eigenvalue weighted by Crippen LogP contribution is 2.23. The molecular formula is C12H16N2. The Kier molecular flexibility index (Phi) is 3.07. The van der Waals surface area contributed by atoms with Crippen molar-refractivity contribution in [2.24, 2.45) is 4.99 Å². The second-order valence-electron chi connectivity index (χ2n) is 3.20. The van der Waals surface area contributed by atoms with Crippen LogP contribution in [0.15, 0.2) is 54.0 Å². The predicted octanol–water partition coefficient (Wildman–Crippen LogP) is 2.88. The van der Waals surface area contributed by atoms with E-state index in [1.165, 1.54) is 0 Å². The fourth-order valence-electron chi connectivity index (χ4n) is 1.26. The van der Waals surface area contributed by atoms with Gasteiger partial charge in [0.1, 0.15) is 5.82 Å². The van der Waals surface area contributed by atoms with Crippen molar-refractivity contribution >= 4 is 5.71 Å². The molecule has 1 aliphatic heterocycles. The summed E-state index contributed by atoms with van der Waals surface area (Å²) in [6.07, 6.45) is 4.63. The van der Waals surface area contributed by atoms with Crippen LogP contribution in [-0.2, 0) is 0 Å². The maximum absolute atomic E-state index is 4.26. The first-order valence-corrected chi connectivity index (χ1v) is 4.63. The van der Waals surface area contributed by atoms with Gasteiger partial charge in [-0.05, 0) is 24.1 Å². The molecule has 0 spiro atoms. The summed E-state index contributed by atoms with van der Waals surface area (Å²) in [5.41, 5.74) is 3.00. The van der Waals surface area contributed by atoms with E-state index in [9.17, 15) is 0 Å². The Hall–Kier alpha value is -1.57. The Morgan fingerprint density at radius 3 is 2.79 bits per heavy atom. The van der Waals surface area contributed by atoms with Crippen LogP contribution in [0.1, 0.15) is 13.3 Å². The van der Waals surface area contributed by atoms with Crippen LogP contribution in [0.25, 0.3) is 0 Å². The molecule has 0 radical (unpaired) electrons. The van der Waals surface area contributed by atoms with Crippen LogP contribution in [0.2, 0.25) is 0 Å². The van der Waals surface area contributed by atoms with Crippen LogP contribution < -0.4 is 0 Å². The highest BCUT2D eigenvalue weighted by Gasteiger charge is 2.14. The first-order chi connectivity index (χ1) is 6.60. The number of hydrogen-bond acceptors (Lipinski definition) is 2. The monoisotopic (exact) mass is 188 g/mol. The first kappa shape index (κ1) is 10.5. The molecule has 1 aliphatic rings. The number of likely N-dealkylation sites (N-methyl/N-ethyl adjacent to an activating group) is 1. The standard InChI is InChI=1S/C12H16N2/c1-6-9(3)12-8-11(7-2)13-10(4)14(12)5/h7-8H,2-4,6H2,1,5H3. The van der Waals surface area contributed by atoms with Crippen molar-refractivity contribution in [2.45, 2.75) is 13.3 Å². The molecule has 0 saturated carbocycles. The summed E-state index contributed by atoms with van der Waals surface area (Å²) in [5.74, 6) is 0.729. The van der Waals surface area contributed by atoms with Gasteiger partial charge in [0.15, 0.2) is 0 Å². The number of rotatable bonds is 3. The normalized spacial score (nSPS) is 16.1. The maximum Gasteiger partial charge on any atom is 0.126 e. The molecule has 0 N–H and O–H groups in total. The minimum Gasteiger partial charge on any atom is -0.330 e. The molecule has 0 unspecified atom stereocenters. The Balaban J connectivity index is 3.08. The minimum absolute atomic E-state index is 0.729. The average molecular weight is 188 g/mol. The van der Waals surface area contributed by atoms with Crippen LogP contribution >= 0.6 is 0 Å². The number of nitrogens with zero attached hydrogens (tertiary/aromatic N) is 2. The van der Waals surface area contributed by atoms with Crippen LogP contribution in [-0.4, -0.2) is 17.7 Å². The smallest absolute Gasteiger partial charge is 0.126 e. The number of aliphatic imine (C=N–C) groups is 1. The van der Waals surface area contributed by atoms with E-state index in [-0.39, 0.29) is 0 Å². The third kappa shape index (κ3) is 1.84. The summed E-state index contributed by atoms with van der Waals surface area (Å²) >= 11 is 0. The van der Waals surface area contributed by atoms with Gasteiger partial charge in [0.2, 0.25) is 0 Å². The van der Waals surface area contributed by atoms with Crippen molar-refractivity contribution in [1.82, 2.24) is 4.90 Å². The number of allylic oxidation sites excluding steroid dienone is 3. The quantitative estimate of drug-likeness (QED) is 0.665. The van der Waals surface area contributed by atoms with Gasteiger partial charge in [-0.1, -0.05) is 26.7 Å². The van der Waals surface area contributed by atoms with Gasteiger partial charge in [0.05, 0.1) is 5.71 Å². The molecule has 0 aliphatic carbocycles. The lowest BCUT2D eigenvalue weighted by atomic mass is 10.1. The number of hydrogen-bond donors (Lipinski definition) is 0. The van der Waals surface area contributed by atoms with Gasteiger partial charge in [-0.25, -0.2) is 4.99 Å². The molecule has 0 saturated heterocycles. The predicted molar refractivity (Wildman–Crippen MR) is 62.0 cm³/mol. The van der Waals surface area contributed by atoms with Gasteiger partial charge >= 0.3 is 0 Å². The third-order valence-corrected chi connectivity index (χ3v) is 2.29. The lowest BCUT2D eigenvalue weighted by molar-refractivity contribution is 0.517. The minimum atomic E-state index is 0.729. The molecule has 0 fully saturated rings. The molecule has 0 aromatic carbocycles. The third-order valence-electron chi connectivity index (χ3n) is 2.29. The van der Waals surface area contributed by atoms with Crippen LogP contribution in [0.5, 0.6) is 0 Å². The van der Waals surface area contributed by atoms with Crippen molar-refractivity contribution in [3.05, 3.63) is 49.0 Å². The van der Waals surface area contributed by atoms with E-state index in [4.69, 9.17) is 0 Å². The summed E-state index contributed by atoms with van der Waals surface area (Å²) in [6, 6.07) is 0. The molecule has 14 heavy (non-hydrogen) atoms. The van der Waals surface area contributed by atoms with E-state index in [0.717, 1.165) is 29.2 Å². The fourth-order valence-corrected chi connectivity index (χ4v) is 1.26. The molecule has 0 atom stereocenters. The van der Waals surface area contributed by atoms with Crippen molar-refractivity contribution in [2.75, 3.05) is 7.05 Å². The molecule has 0 bridgehead atoms. The lowest BCUT2D eigenvalue weighted by Gasteiger charge is -2.27. The molecule has 2 nitrogen and oxygen atoms in total. The Morgan fingerprint density at radius 1 is 1.64 bits per heavy atom. The van der Waals surface area contributed by atoms with E-state index < -0.39 is 0 Å². The van der Waals surface area contributed by atoms with E-state index in [2.05, 4.69) is 31.7 Å². The molecular weight excluding hydrogens is 172 g/mol. The average Bonchev–Trinajstić information content (AvgIpc) is 2.20. The molecule has 0 aromatic heterocycles. The summed E-state index contributed by atoms with van der Waals surface area (Å²) in [5, 5.41) is 0. The zero-order valence-corrected chi connectivity index (χ0v) is 8.88. The molecule has 1 rings (SSSR count). The van der Waals surface area contributed by atoms with Crippen molar-refractivity contribution in [1.29, 1.82) is 0 Å². The molecule has 74 valence electrons. The Morgan fingerprint density at radius 2 is 2.29 bits per heavy atom. The van der Waals surface area contributed by atoms with E-state index in [1.807, 2.05) is 18.0 Å². The fraction of sp³-hybridized carbons (Fsp3) is 0.250. The maximum atomic E-state index is 4.26. The van der Waals surface area contributed by atoms with Gasteiger partial charge < -0.3 is 4.90 Å². The van der Waals surface area contributed by atoms with Gasteiger partial charge in [-0.15, -0.1) is 0 Å². The van der Waals surface area contributed by atoms with Gasteiger partial charge in [0, 0.05) is 12.7 Å². The van der Waals surface area contributed by atoms with Crippen molar-refractivity contribution < 1.29 is 0 Å². The highest BCUT2D eigenvalue weighted by atomic mass is 15.2. The molecule has 1 heterocycles. The zero-order chi connectivity index (χ0) is 10.7. The molecule has 0 amide bonds. The largest absolute Gasteiger partial charge is 0.330 e. The highest BCUT2D eigenvalue weighted by molar-refractivity contribution is 6.05. The van der Waals surface area contributed by atoms with Crippen LogP contribution in [0, 0.1) is 0 Å². The second kappa shape index (κ2) is 4.09. The van der Waals surface area contributed by atoms with Crippen molar-refractivity contribution in [3.8, 4) is 0 Å². The molecule has 2 heteroatoms. The van der Waals surface area contributed by atoms with E-state index in [0.29, 0.717) is 0 Å². The lowest BCUT2D eigenvalue weighted by Crippen LogP contribution is -2.21. The van der Waals surface area contributed by atoms with Crippen LogP contribution in [0.3, 0.4) is 0 Å². The van der Waals surface area contributed by atoms with Gasteiger partial charge in [-0.3, -0.25) is 0 Å². The summed E-state index contributed by atoms with van der Waals surface area (Å²) in [7, 11) is 1.94. The molecule has 0 aromatic rings. The van der Waals surface area contributed by atoms with Crippen LogP contribution in [0.4, 0.5) is 0 Å². The van der Waals surface area contributed by atoms with Gasteiger partial charge in [-0.2, -0.15) is 0 Å². The van der Waals surface area contributed by atoms with E-state index in [1.54, 1.807) is 6.08 Å². The summed E-state index contributed by atoms with van der Waals surface area (Å²) < 4.78 is 0. The van der Waals surface area contributed by atoms with E-state index >= 15 is 0 Å². The van der Waals surface area contributed by atoms with Gasteiger partial charge in [0.25, 0.3) is 0 Å². The first-order valence-electron chi connectivity index (χ1n) is 4.63. The Labute approximate surface area is 85.6 Å². The topological polar surface area (TPSA) is 15.6 Å². The van der Waals surface area contributed by atoms with Crippen molar-refractivity contribution in [3.63, 3.8) is 0 Å².